The first-order chi connectivity index (χ1) is 8.89. The van der Waals surface area contributed by atoms with Gasteiger partial charge in [-0.05, 0) is 17.9 Å². The van der Waals surface area contributed by atoms with Crippen molar-refractivity contribution < 1.29 is 13.2 Å². The summed E-state index contributed by atoms with van der Waals surface area (Å²) in [5.41, 5.74) is 0.589. The van der Waals surface area contributed by atoms with Crippen LogP contribution >= 0.6 is 11.8 Å². The Morgan fingerprint density at radius 1 is 1.32 bits per heavy atom. The highest BCUT2D eigenvalue weighted by atomic mass is 32.2. The summed E-state index contributed by atoms with van der Waals surface area (Å²) in [6.07, 6.45) is 1.84. The summed E-state index contributed by atoms with van der Waals surface area (Å²) < 4.78 is 25.4. The van der Waals surface area contributed by atoms with E-state index in [9.17, 15) is 13.2 Å². The number of nitrogens with zero attached hydrogens (tertiary/aromatic N) is 1. The van der Waals surface area contributed by atoms with Gasteiger partial charge in [0.1, 0.15) is 0 Å². The molecule has 0 fully saturated rings. The van der Waals surface area contributed by atoms with Crippen molar-refractivity contribution in [2.24, 2.45) is 0 Å². The fourth-order valence-corrected chi connectivity index (χ4v) is 2.95. The van der Waals surface area contributed by atoms with Gasteiger partial charge in [-0.1, -0.05) is 18.2 Å². The molecule has 1 aromatic rings. The molecule has 7 heteroatoms. The van der Waals surface area contributed by atoms with Crippen LogP contribution in [0.15, 0.2) is 29.2 Å². The van der Waals surface area contributed by atoms with Crippen LogP contribution < -0.4 is 5.32 Å². The fraction of sp³-hybridized carbons (Fsp3) is 0.417. The van der Waals surface area contributed by atoms with Gasteiger partial charge in [-0.15, -0.1) is 0 Å². The molecule has 0 heterocycles. The van der Waals surface area contributed by atoms with E-state index in [0.717, 1.165) is 4.31 Å². The van der Waals surface area contributed by atoms with Gasteiger partial charge in [0.05, 0.1) is 10.6 Å². The SMILES string of the molecule is CSCC(=O)NCc1ccccc1S(=O)(=O)N(C)C. The number of carbonyl (C=O) groups is 1. The number of amides is 1. The fourth-order valence-electron chi connectivity index (χ4n) is 1.47. The molecule has 0 spiro atoms. The van der Waals surface area contributed by atoms with E-state index in [-0.39, 0.29) is 17.3 Å². The van der Waals surface area contributed by atoms with Gasteiger partial charge in [0.25, 0.3) is 0 Å². The van der Waals surface area contributed by atoms with Crippen molar-refractivity contribution in [2.75, 3.05) is 26.1 Å². The second kappa shape index (κ2) is 6.93. The molecule has 0 radical (unpaired) electrons. The highest BCUT2D eigenvalue weighted by molar-refractivity contribution is 7.99. The summed E-state index contributed by atoms with van der Waals surface area (Å²) in [5.74, 6) is 0.257. The standard InChI is InChI=1S/C12H18N2O3S2/c1-14(2)19(16,17)11-7-5-4-6-10(11)8-13-12(15)9-18-3/h4-7H,8-9H2,1-3H3,(H,13,15). The second-order valence-electron chi connectivity index (χ2n) is 4.10. The number of benzene rings is 1. The first-order valence-corrected chi connectivity index (χ1v) is 8.49. The van der Waals surface area contributed by atoms with Gasteiger partial charge in [0.15, 0.2) is 0 Å². The molecule has 0 aliphatic heterocycles. The molecule has 0 aliphatic carbocycles. The lowest BCUT2D eigenvalue weighted by molar-refractivity contribution is -0.118. The molecular weight excluding hydrogens is 284 g/mol. The van der Waals surface area contributed by atoms with Crippen LogP contribution in [0.3, 0.4) is 0 Å². The van der Waals surface area contributed by atoms with Crippen molar-refractivity contribution in [3.05, 3.63) is 29.8 Å². The maximum Gasteiger partial charge on any atom is 0.242 e. The monoisotopic (exact) mass is 302 g/mol. The lowest BCUT2D eigenvalue weighted by Crippen LogP contribution is -2.27. The summed E-state index contributed by atoms with van der Waals surface area (Å²) >= 11 is 1.42. The molecule has 5 nitrogen and oxygen atoms in total. The second-order valence-corrected chi connectivity index (χ2v) is 7.09. The number of hydrogen-bond acceptors (Lipinski definition) is 4. The lowest BCUT2D eigenvalue weighted by atomic mass is 10.2. The summed E-state index contributed by atoms with van der Waals surface area (Å²) in [4.78, 5) is 11.6. The quantitative estimate of drug-likeness (QED) is 0.848. The van der Waals surface area contributed by atoms with E-state index in [1.807, 2.05) is 6.26 Å². The third-order valence-corrected chi connectivity index (χ3v) is 4.95. The Bertz CT molecular complexity index is 542. The van der Waals surface area contributed by atoms with Crippen molar-refractivity contribution in [3.8, 4) is 0 Å². The average molecular weight is 302 g/mol. The minimum Gasteiger partial charge on any atom is -0.351 e. The zero-order valence-corrected chi connectivity index (χ0v) is 12.8. The zero-order valence-electron chi connectivity index (χ0n) is 11.2. The third-order valence-electron chi connectivity index (χ3n) is 2.48. The van der Waals surface area contributed by atoms with E-state index in [0.29, 0.717) is 11.3 Å². The number of thioether (sulfide) groups is 1. The van der Waals surface area contributed by atoms with Crippen molar-refractivity contribution >= 4 is 27.7 Å². The molecule has 0 atom stereocenters. The Labute approximate surface area is 118 Å². The lowest BCUT2D eigenvalue weighted by Gasteiger charge is -2.15. The molecule has 0 unspecified atom stereocenters. The van der Waals surface area contributed by atoms with Crippen LogP contribution in [0, 0.1) is 0 Å². The van der Waals surface area contributed by atoms with Crippen LogP contribution in [-0.4, -0.2) is 44.7 Å². The Morgan fingerprint density at radius 2 is 1.95 bits per heavy atom. The van der Waals surface area contributed by atoms with Crippen LogP contribution in [0.25, 0.3) is 0 Å². The van der Waals surface area contributed by atoms with Gasteiger partial charge >= 0.3 is 0 Å². The number of nitrogens with one attached hydrogen (secondary N) is 1. The summed E-state index contributed by atoms with van der Waals surface area (Å²) in [7, 11) is -0.522. The molecule has 0 saturated carbocycles. The summed E-state index contributed by atoms with van der Waals surface area (Å²) in [6.45, 7) is 0.211. The van der Waals surface area contributed by atoms with E-state index in [1.165, 1.54) is 25.9 Å². The Balaban J connectivity index is 2.95. The van der Waals surface area contributed by atoms with Crippen molar-refractivity contribution in [1.29, 1.82) is 0 Å². The van der Waals surface area contributed by atoms with Crippen molar-refractivity contribution in [3.63, 3.8) is 0 Å². The Kier molecular flexibility index (Phi) is 5.84. The molecule has 0 saturated heterocycles. The van der Waals surface area contributed by atoms with Crippen molar-refractivity contribution in [2.45, 2.75) is 11.4 Å². The van der Waals surface area contributed by atoms with Gasteiger partial charge < -0.3 is 5.32 Å². The van der Waals surface area contributed by atoms with E-state index in [4.69, 9.17) is 0 Å². The van der Waals surface area contributed by atoms with Crippen LogP contribution in [0.2, 0.25) is 0 Å². The average Bonchev–Trinajstić information content (AvgIpc) is 2.37. The van der Waals surface area contributed by atoms with E-state index in [1.54, 1.807) is 24.3 Å². The third kappa shape index (κ3) is 4.22. The number of rotatable bonds is 6. The zero-order chi connectivity index (χ0) is 14.5. The molecular formula is C12H18N2O3S2. The van der Waals surface area contributed by atoms with Gasteiger partial charge in [0.2, 0.25) is 15.9 Å². The predicted molar refractivity (Wildman–Crippen MR) is 77.5 cm³/mol. The number of hydrogen-bond donors (Lipinski definition) is 1. The number of sulfonamides is 1. The van der Waals surface area contributed by atoms with Crippen LogP contribution in [-0.2, 0) is 21.4 Å². The molecule has 1 amide bonds. The van der Waals surface area contributed by atoms with E-state index >= 15 is 0 Å². The molecule has 1 rings (SSSR count). The maximum absolute atomic E-state index is 12.1. The molecule has 19 heavy (non-hydrogen) atoms. The van der Waals surface area contributed by atoms with Crippen LogP contribution in [0.1, 0.15) is 5.56 Å². The van der Waals surface area contributed by atoms with Gasteiger partial charge in [0, 0.05) is 20.6 Å². The predicted octanol–water partition coefficient (Wildman–Crippen LogP) is 0.916. The van der Waals surface area contributed by atoms with Gasteiger partial charge in [-0.2, -0.15) is 11.8 Å². The first kappa shape index (κ1) is 16.0. The van der Waals surface area contributed by atoms with E-state index < -0.39 is 10.0 Å². The first-order valence-electron chi connectivity index (χ1n) is 5.65. The largest absolute Gasteiger partial charge is 0.351 e. The molecule has 106 valence electrons. The highest BCUT2D eigenvalue weighted by Crippen LogP contribution is 2.18. The van der Waals surface area contributed by atoms with Crippen LogP contribution in [0.5, 0.6) is 0 Å². The Hall–Kier alpha value is -1.05. The summed E-state index contributed by atoms with van der Waals surface area (Å²) in [5, 5.41) is 2.71. The van der Waals surface area contributed by atoms with Crippen molar-refractivity contribution in [1.82, 2.24) is 9.62 Å². The topological polar surface area (TPSA) is 66.5 Å². The summed E-state index contributed by atoms with van der Waals surface area (Å²) in [6, 6.07) is 6.68. The normalized spacial score (nSPS) is 11.6. The van der Waals surface area contributed by atoms with Gasteiger partial charge in [-0.25, -0.2) is 12.7 Å². The smallest absolute Gasteiger partial charge is 0.242 e. The Morgan fingerprint density at radius 3 is 2.53 bits per heavy atom. The van der Waals surface area contributed by atoms with E-state index in [2.05, 4.69) is 5.32 Å². The number of carbonyl (C=O) groups excluding carboxylic acids is 1. The van der Waals surface area contributed by atoms with Gasteiger partial charge in [-0.3, -0.25) is 4.79 Å². The molecule has 0 aromatic heterocycles. The minimum atomic E-state index is -3.49. The maximum atomic E-state index is 12.1. The molecule has 1 aromatic carbocycles. The highest BCUT2D eigenvalue weighted by Gasteiger charge is 2.20. The molecule has 0 aliphatic rings. The van der Waals surface area contributed by atoms with Crippen LogP contribution in [0.4, 0.5) is 0 Å². The molecule has 0 bridgehead atoms. The molecule has 1 N–H and O–H groups in total. The minimum absolute atomic E-state index is 0.107.